The summed E-state index contributed by atoms with van der Waals surface area (Å²) in [7, 11) is 1.60. The van der Waals surface area contributed by atoms with E-state index in [0.29, 0.717) is 34.1 Å². The van der Waals surface area contributed by atoms with E-state index in [1.165, 1.54) is 11.0 Å². The molecule has 5 rings (SSSR count). The molecule has 1 N–H and O–H groups in total. The van der Waals surface area contributed by atoms with Gasteiger partial charge in [-0.3, -0.25) is 4.90 Å². The number of carbonyl (C=O) groups is 1. The summed E-state index contributed by atoms with van der Waals surface area (Å²) >= 11 is 0. The maximum absolute atomic E-state index is 13.9. The first-order valence-corrected chi connectivity index (χ1v) is 11.1. The molecular weight excluding hydrogens is 447 g/mol. The molecule has 0 aliphatic carbocycles. The average Bonchev–Trinajstić information content (AvgIpc) is 3.36. The molecule has 0 radical (unpaired) electrons. The summed E-state index contributed by atoms with van der Waals surface area (Å²) in [6.07, 6.45) is 0. The van der Waals surface area contributed by atoms with Crippen molar-refractivity contribution in [3.05, 3.63) is 101 Å². The fraction of sp³-hybridized carbons (Fsp3) is 0.148. The number of methoxy groups -OCH3 is 1. The van der Waals surface area contributed by atoms with Crippen molar-refractivity contribution in [3.8, 4) is 17.1 Å². The number of aryl methyl sites for hydroxylation is 1. The molecule has 1 atom stereocenters. The number of rotatable bonds is 5. The van der Waals surface area contributed by atoms with Gasteiger partial charge in [0, 0.05) is 11.3 Å². The van der Waals surface area contributed by atoms with Crippen LogP contribution in [-0.4, -0.2) is 23.3 Å². The first-order chi connectivity index (χ1) is 17.0. The highest BCUT2D eigenvalue weighted by Crippen LogP contribution is 2.39. The zero-order valence-corrected chi connectivity index (χ0v) is 19.4. The van der Waals surface area contributed by atoms with Crippen molar-refractivity contribution in [2.75, 3.05) is 12.0 Å². The number of hydrogen-bond donors (Lipinski definition) is 1. The Morgan fingerprint density at radius 3 is 2.46 bits per heavy atom. The van der Waals surface area contributed by atoms with Crippen molar-refractivity contribution in [1.29, 1.82) is 0 Å². The Balaban J connectivity index is 1.65. The van der Waals surface area contributed by atoms with E-state index in [0.717, 1.165) is 11.1 Å². The molecule has 0 spiro atoms. The number of nitrogens with zero attached hydrogens (tertiary/aromatic N) is 3. The van der Waals surface area contributed by atoms with E-state index in [1.54, 1.807) is 26.2 Å². The van der Waals surface area contributed by atoms with E-state index in [9.17, 15) is 9.18 Å². The third-order valence-electron chi connectivity index (χ3n) is 6.02. The molecule has 3 aromatic carbocycles. The van der Waals surface area contributed by atoms with Crippen LogP contribution in [0.3, 0.4) is 0 Å². The van der Waals surface area contributed by atoms with Gasteiger partial charge in [0.05, 0.1) is 24.4 Å². The Morgan fingerprint density at radius 2 is 1.77 bits per heavy atom. The molecule has 2 amide bonds. The third-order valence-corrected chi connectivity index (χ3v) is 6.02. The molecule has 1 aliphatic rings. The molecule has 35 heavy (non-hydrogen) atoms. The van der Waals surface area contributed by atoms with Gasteiger partial charge < -0.3 is 14.6 Å². The second kappa shape index (κ2) is 9.06. The summed E-state index contributed by atoms with van der Waals surface area (Å²) in [6, 6.07) is 20.6. The number of aromatic nitrogens is 2. The number of benzene rings is 3. The number of allylic oxidation sites excluding steroid dienone is 1. The average molecular weight is 471 g/mol. The summed E-state index contributed by atoms with van der Waals surface area (Å²) in [5.74, 6) is 1.08. The minimum absolute atomic E-state index is 0.283. The lowest BCUT2D eigenvalue weighted by atomic mass is 9.94. The Morgan fingerprint density at radius 1 is 1.03 bits per heavy atom. The van der Waals surface area contributed by atoms with Crippen LogP contribution in [0.1, 0.15) is 30.0 Å². The Hall–Kier alpha value is -4.46. The van der Waals surface area contributed by atoms with Crippen LogP contribution in [0.2, 0.25) is 0 Å². The number of halogens is 1. The van der Waals surface area contributed by atoms with Crippen molar-refractivity contribution < 1.29 is 18.4 Å². The number of anilines is 1. The molecule has 0 saturated carbocycles. The normalized spacial score (nSPS) is 15.8. The van der Waals surface area contributed by atoms with E-state index in [2.05, 4.69) is 15.5 Å². The maximum Gasteiger partial charge on any atom is 0.326 e. The van der Waals surface area contributed by atoms with E-state index in [4.69, 9.17) is 9.26 Å². The van der Waals surface area contributed by atoms with E-state index in [1.807, 2.05) is 61.5 Å². The fourth-order valence-corrected chi connectivity index (χ4v) is 4.18. The first-order valence-electron chi connectivity index (χ1n) is 11.1. The largest absolute Gasteiger partial charge is 0.497 e. The van der Waals surface area contributed by atoms with Crippen LogP contribution in [0.15, 0.2) is 83.0 Å². The topological polar surface area (TPSA) is 80.5 Å². The molecule has 8 heteroatoms. The summed E-state index contributed by atoms with van der Waals surface area (Å²) in [5, 5.41) is 7.22. The predicted octanol–water partition coefficient (Wildman–Crippen LogP) is 5.89. The van der Waals surface area contributed by atoms with Gasteiger partial charge >= 0.3 is 6.03 Å². The Labute approximate surface area is 201 Å². The van der Waals surface area contributed by atoms with Gasteiger partial charge in [-0.25, -0.2) is 9.18 Å². The minimum atomic E-state index is -0.546. The molecule has 176 valence electrons. The van der Waals surface area contributed by atoms with Crippen LogP contribution >= 0.6 is 0 Å². The molecular formula is C27H23FN4O3. The van der Waals surface area contributed by atoms with Gasteiger partial charge in [-0.1, -0.05) is 47.6 Å². The molecule has 7 nitrogen and oxygen atoms in total. The molecule has 1 unspecified atom stereocenters. The van der Waals surface area contributed by atoms with Gasteiger partial charge in [0.25, 0.3) is 5.89 Å². The quantitative estimate of drug-likeness (QED) is 0.393. The van der Waals surface area contributed by atoms with Crippen molar-refractivity contribution in [2.45, 2.75) is 19.9 Å². The SMILES string of the molecule is COc1ccc(C2NC(=O)N(c3ccc(F)c(C)c3)C(C)=C2c2nc(-c3ccccc3)no2)cc1. The van der Waals surface area contributed by atoms with Gasteiger partial charge in [-0.15, -0.1) is 0 Å². The molecule has 2 heterocycles. The first kappa shape index (κ1) is 22.3. The predicted molar refractivity (Wildman–Crippen MR) is 130 cm³/mol. The highest BCUT2D eigenvalue weighted by Gasteiger charge is 2.36. The highest BCUT2D eigenvalue weighted by molar-refractivity contribution is 6.01. The minimum Gasteiger partial charge on any atom is -0.497 e. The summed E-state index contributed by atoms with van der Waals surface area (Å²) in [4.78, 5) is 19.5. The second-order valence-electron chi connectivity index (χ2n) is 8.21. The van der Waals surface area contributed by atoms with Gasteiger partial charge in [0.15, 0.2) is 0 Å². The summed E-state index contributed by atoms with van der Waals surface area (Å²) in [6.45, 7) is 3.47. The van der Waals surface area contributed by atoms with E-state index >= 15 is 0 Å². The van der Waals surface area contributed by atoms with Gasteiger partial charge in [0.2, 0.25) is 5.82 Å². The number of urea groups is 1. The van der Waals surface area contributed by atoms with Crippen molar-refractivity contribution in [2.24, 2.45) is 0 Å². The van der Waals surface area contributed by atoms with E-state index < -0.39 is 6.04 Å². The van der Waals surface area contributed by atoms with E-state index in [-0.39, 0.29) is 17.7 Å². The Kier molecular flexibility index (Phi) is 5.78. The maximum atomic E-state index is 13.9. The van der Waals surface area contributed by atoms with Gasteiger partial charge in [-0.05, 0) is 55.3 Å². The molecule has 1 aromatic heterocycles. The summed E-state index contributed by atoms with van der Waals surface area (Å²) < 4.78 is 24.9. The lowest BCUT2D eigenvalue weighted by Gasteiger charge is -2.35. The van der Waals surface area contributed by atoms with Crippen molar-refractivity contribution in [1.82, 2.24) is 15.5 Å². The number of hydrogen-bond acceptors (Lipinski definition) is 5. The standard InChI is InChI=1S/C27H23FN4O3/c1-16-15-20(11-14-22(16)28)32-17(2)23(26-30-25(31-35-26)19-7-5-4-6-8-19)24(29-27(32)33)18-9-12-21(34-3)13-10-18/h4-15,24H,1-3H3,(H,29,33). The van der Waals surface area contributed by atoms with Crippen LogP contribution in [0.5, 0.6) is 5.75 Å². The van der Waals surface area contributed by atoms with Crippen LogP contribution in [0, 0.1) is 12.7 Å². The number of carbonyl (C=O) groups excluding carboxylic acids is 1. The van der Waals surface area contributed by atoms with Crippen molar-refractivity contribution in [3.63, 3.8) is 0 Å². The number of nitrogens with one attached hydrogen (secondary N) is 1. The fourth-order valence-electron chi connectivity index (χ4n) is 4.18. The monoisotopic (exact) mass is 470 g/mol. The smallest absolute Gasteiger partial charge is 0.326 e. The third kappa shape index (κ3) is 4.14. The van der Waals surface area contributed by atoms with Crippen molar-refractivity contribution >= 4 is 17.3 Å². The Bertz CT molecular complexity index is 1410. The van der Waals surface area contributed by atoms with Crippen LogP contribution in [0.4, 0.5) is 14.9 Å². The van der Waals surface area contributed by atoms with Crippen LogP contribution < -0.4 is 15.0 Å². The lowest BCUT2D eigenvalue weighted by molar-refractivity contribution is 0.244. The summed E-state index contributed by atoms with van der Waals surface area (Å²) in [5.41, 5.74) is 3.85. The van der Waals surface area contributed by atoms with Crippen LogP contribution in [0.25, 0.3) is 17.0 Å². The second-order valence-corrected chi connectivity index (χ2v) is 8.21. The molecule has 0 fully saturated rings. The zero-order chi connectivity index (χ0) is 24.5. The van der Waals surface area contributed by atoms with Crippen LogP contribution in [-0.2, 0) is 0 Å². The van der Waals surface area contributed by atoms with Gasteiger partial charge in [0.1, 0.15) is 11.6 Å². The zero-order valence-electron chi connectivity index (χ0n) is 19.4. The molecule has 4 aromatic rings. The molecule has 1 aliphatic heterocycles. The highest BCUT2D eigenvalue weighted by atomic mass is 19.1. The number of amides is 2. The number of ether oxygens (including phenoxy) is 1. The molecule has 0 bridgehead atoms. The lowest BCUT2D eigenvalue weighted by Crippen LogP contribution is -2.46. The van der Waals surface area contributed by atoms with Gasteiger partial charge in [-0.2, -0.15) is 4.98 Å². The molecule has 0 saturated heterocycles.